The van der Waals surface area contributed by atoms with Crippen molar-refractivity contribution in [2.24, 2.45) is 29.6 Å². The number of allylic oxidation sites excluding steroid dienone is 1. The number of aryl methyl sites for hydroxylation is 3. The maximum absolute atomic E-state index is 14.6. The topological polar surface area (TPSA) is 128 Å². The highest BCUT2D eigenvalue weighted by Gasteiger charge is 2.47. The van der Waals surface area contributed by atoms with Crippen molar-refractivity contribution in [2.45, 2.75) is 138 Å². The smallest absolute Gasteiger partial charge is 0.224 e. The number of H-pyrrole nitrogens is 1. The summed E-state index contributed by atoms with van der Waals surface area (Å²) in [7, 11) is 0. The summed E-state index contributed by atoms with van der Waals surface area (Å²) >= 11 is 0. The molecule has 4 heterocycles. The van der Waals surface area contributed by atoms with Crippen molar-refractivity contribution in [1.82, 2.24) is 25.1 Å². The monoisotopic (exact) mass is 1100 g/mol. The van der Waals surface area contributed by atoms with Crippen LogP contribution in [0.3, 0.4) is 0 Å². The van der Waals surface area contributed by atoms with Crippen molar-refractivity contribution in [3.05, 3.63) is 166 Å². The largest absolute Gasteiger partial charge is 0.491 e. The van der Waals surface area contributed by atoms with Gasteiger partial charge in [-0.1, -0.05) is 117 Å². The first-order valence-corrected chi connectivity index (χ1v) is 30.1. The molecule has 4 aliphatic rings. The molecule has 3 N–H and O–H groups in total. The molecule has 12 nitrogen and oxygen atoms in total. The zero-order valence-corrected chi connectivity index (χ0v) is 49.8. The fourth-order valence-electron chi connectivity index (χ4n) is 13.4. The molecule has 0 bridgehead atoms. The Morgan fingerprint density at radius 2 is 1.48 bits per heavy atom. The summed E-state index contributed by atoms with van der Waals surface area (Å²) in [6.07, 6.45) is 7.95. The van der Waals surface area contributed by atoms with E-state index in [0.29, 0.717) is 96.6 Å². The number of nitrogens with zero attached hydrogens (tertiary/aromatic N) is 2. The standard InChI is InChI=1S/C69H91N5O7/c1-44(2)67(73-43-56-16-11-12-17-57(56)52(73)10)68(75)58-37-47(5)38-59(58)69(76)71-42-55-24-23-54(65-48(6)26-27-70-65)41-63(55)81-36-35-80-34-33-79-30-14-29-78-32-31-77-28-13-15-46(4)39-60-61-25-20-50(8)74(61)62-40-49(7)51(9)64(62)66(72-60)53-21-18-45(3)19-22-53/h11-12,16-27,41,44,47,58-60,62,64,66-67,70,72H,4,10,13-15,28-40,42-43H2,1-3,5-9H3,(H,71,76)/t47?,58?,59-,60?,62?,64?,66?,67+/m1/s1. The van der Waals surface area contributed by atoms with Crippen LogP contribution in [0, 0.1) is 50.4 Å². The second kappa shape index (κ2) is 27.8. The zero-order valence-electron chi connectivity index (χ0n) is 49.8. The number of benzene rings is 3. The van der Waals surface area contributed by atoms with E-state index < -0.39 is 5.92 Å². The van der Waals surface area contributed by atoms with Crippen LogP contribution in [0.1, 0.15) is 142 Å². The third-order valence-corrected chi connectivity index (χ3v) is 17.8. The van der Waals surface area contributed by atoms with E-state index >= 15 is 0 Å². The van der Waals surface area contributed by atoms with Gasteiger partial charge in [-0.25, -0.2) is 0 Å². The van der Waals surface area contributed by atoms with Crippen molar-refractivity contribution in [3.8, 4) is 17.0 Å². The number of Topliss-reactive ketones (excluding diaryl/α,β-unsaturated/α-hetero) is 1. The molecule has 434 valence electrons. The lowest BCUT2D eigenvalue weighted by molar-refractivity contribution is -0.135. The Bertz CT molecular complexity index is 2990. The first-order valence-electron chi connectivity index (χ1n) is 30.1. The maximum Gasteiger partial charge on any atom is 0.224 e. The number of aromatic amines is 1. The third-order valence-electron chi connectivity index (χ3n) is 17.8. The molecule has 2 aliphatic carbocycles. The van der Waals surface area contributed by atoms with E-state index in [2.05, 4.69) is 148 Å². The Hall–Kier alpha value is -6.02. The molecule has 6 unspecified atom stereocenters. The fourth-order valence-corrected chi connectivity index (χ4v) is 13.4. The Kier molecular flexibility index (Phi) is 20.5. The normalized spacial score (nSPS) is 21.8. The summed E-state index contributed by atoms with van der Waals surface area (Å²) in [5.41, 5.74) is 16.8. The molecule has 3 aromatic carbocycles. The summed E-state index contributed by atoms with van der Waals surface area (Å²) < 4.78 is 32.6. The second-order valence-corrected chi connectivity index (χ2v) is 24.0. The molecular formula is C69H91N5O7. The molecule has 5 aromatic rings. The van der Waals surface area contributed by atoms with Crippen LogP contribution >= 0.6 is 0 Å². The highest BCUT2D eigenvalue weighted by atomic mass is 16.5. The average molecular weight is 1100 g/mol. The van der Waals surface area contributed by atoms with E-state index in [4.69, 9.17) is 23.7 Å². The van der Waals surface area contributed by atoms with Gasteiger partial charge in [0.25, 0.3) is 0 Å². The average Bonchev–Trinajstić information content (AvgIpc) is 4.31. The number of ether oxygens (including phenoxy) is 5. The van der Waals surface area contributed by atoms with Gasteiger partial charge in [0, 0.05) is 108 Å². The summed E-state index contributed by atoms with van der Waals surface area (Å²) in [6.45, 7) is 32.0. The van der Waals surface area contributed by atoms with Crippen LogP contribution in [-0.4, -0.2) is 91.6 Å². The summed E-state index contributed by atoms with van der Waals surface area (Å²) in [5.74, 6) is 0.701. The molecule has 1 fully saturated rings. The molecule has 9 rings (SSSR count). The minimum Gasteiger partial charge on any atom is -0.491 e. The number of nitrogens with one attached hydrogen (secondary N) is 3. The van der Waals surface area contributed by atoms with E-state index in [1.54, 1.807) is 0 Å². The van der Waals surface area contributed by atoms with Crippen LogP contribution in [-0.2, 0) is 41.6 Å². The molecule has 2 aliphatic heterocycles. The molecule has 0 radical (unpaired) electrons. The quantitative estimate of drug-likeness (QED) is 0.0317. The first kappa shape index (κ1) is 59.6. The fraction of sp³-hybridized carbons (Fsp3) is 0.507. The molecule has 1 saturated carbocycles. The number of carbonyl (C=O) groups excluding carboxylic acids is 2. The zero-order chi connectivity index (χ0) is 57.2. The van der Waals surface area contributed by atoms with E-state index in [0.717, 1.165) is 65.7 Å². The number of fused-ring (bicyclic) bond motifs is 4. The van der Waals surface area contributed by atoms with Gasteiger partial charge in [-0.2, -0.15) is 0 Å². The SMILES string of the molecule is C=C(CCCOCCOCCCOCCOCCOc1cc(-c2[nH]ccc2C)ccc1CNC(=O)[C@@H]1CC(C)CC1C(=O)[C@H](C(C)C)N1Cc2ccccc2C1=C)CC1NC(c2ccc(C)cc2)C2C(C)=C(C)CC2n2c(C)ccc21. The van der Waals surface area contributed by atoms with Crippen molar-refractivity contribution >= 4 is 17.4 Å². The van der Waals surface area contributed by atoms with Gasteiger partial charge in [-0.3, -0.25) is 9.59 Å². The minimum absolute atomic E-state index is 0.0602. The van der Waals surface area contributed by atoms with Crippen molar-refractivity contribution in [2.75, 3.05) is 59.5 Å². The summed E-state index contributed by atoms with van der Waals surface area (Å²) in [4.78, 5) is 34.2. The predicted octanol–water partition coefficient (Wildman–Crippen LogP) is 13.3. The highest BCUT2D eigenvalue weighted by molar-refractivity contribution is 5.94. The van der Waals surface area contributed by atoms with Gasteiger partial charge in [0.15, 0.2) is 5.78 Å². The van der Waals surface area contributed by atoms with Gasteiger partial charge in [0.05, 0.1) is 45.1 Å². The number of rotatable bonds is 29. The molecular weight excluding hydrogens is 1010 g/mol. The summed E-state index contributed by atoms with van der Waals surface area (Å²) in [6, 6.07) is 30.6. The van der Waals surface area contributed by atoms with Crippen LogP contribution < -0.4 is 15.4 Å². The Balaban J connectivity index is 0.648. The van der Waals surface area contributed by atoms with Gasteiger partial charge in [0.2, 0.25) is 5.91 Å². The number of carbonyl (C=O) groups is 2. The highest BCUT2D eigenvalue weighted by Crippen LogP contribution is 2.51. The van der Waals surface area contributed by atoms with Crippen LogP contribution in [0.5, 0.6) is 5.75 Å². The number of ketones is 1. The lowest BCUT2D eigenvalue weighted by Gasteiger charge is -2.35. The molecule has 2 aromatic heterocycles. The molecule has 8 atom stereocenters. The van der Waals surface area contributed by atoms with Gasteiger partial charge in [0.1, 0.15) is 12.4 Å². The predicted molar refractivity (Wildman–Crippen MR) is 324 cm³/mol. The van der Waals surface area contributed by atoms with Crippen LogP contribution in [0.2, 0.25) is 0 Å². The lowest BCUT2D eigenvalue weighted by Crippen LogP contribution is -2.46. The number of aromatic nitrogens is 2. The van der Waals surface area contributed by atoms with Crippen molar-refractivity contribution in [1.29, 1.82) is 0 Å². The Labute approximate surface area is 483 Å². The van der Waals surface area contributed by atoms with Crippen LogP contribution in [0.25, 0.3) is 17.0 Å². The van der Waals surface area contributed by atoms with E-state index in [1.165, 1.54) is 44.8 Å². The Morgan fingerprint density at radius 3 is 2.19 bits per heavy atom. The Morgan fingerprint density at radius 1 is 0.790 bits per heavy atom. The van der Waals surface area contributed by atoms with Gasteiger partial charge < -0.3 is 48.8 Å². The number of amides is 1. The number of hydrogen-bond donors (Lipinski definition) is 3. The van der Waals surface area contributed by atoms with E-state index in [-0.39, 0.29) is 54.1 Å². The summed E-state index contributed by atoms with van der Waals surface area (Å²) in [5, 5.41) is 7.39. The third kappa shape index (κ3) is 14.3. The van der Waals surface area contributed by atoms with Crippen LogP contribution in [0.15, 0.2) is 121 Å². The molecule has 12 heteroatoms. The van der Waals surface area contributed by atoms with E-state index in [1.807, 2.05) is 36.5 Å². The minimum atomic E-state index is -0.403. The second-order valence-electron chi connectivity index (χ2n) is 24.0. The van der Waals surface area contributed by atoms with Crippen molar-refractivity contribution in [3.63, 3.8) is 0 Å². The molecule has 81 heavy (non-hydrogen) atoms. The van der Waals surface area contributed by atoms with E-state index in [9.17, 15) is 9.59 Å². The van der Waals surface area contributed by atoms with Gasteiger partial charge in [-0.15, -0.1) is 0 Å². The van der Waals surface area contributed by atoms with Gasteiger partial charge in [-0.05, 0) is 132 Å². The maximum atomic E-state index is 14.6. The lowest BCUT2D eigenvalue weighted by atomic mass is 9.83. The van der Waals surface area contributed by atoms with Crippen molar-refractivity contribution < 1.29 is 33.3 Å². The van der Waals surface area contributed by atoms with Crippen LogP contribution in [0.4, 0.5) is 0 Å². The number of hydrogen-bond acceptors (Lipinski definition) is 9. The molecule has 0 spiro atoms. The first-order chi connectivity index (χ1) is 39.2. The molecule has 0 saturated heterocycles. The van der Waals surface area contributed by atoms with Gasteiger partial charge >= 0.3 is 0 Å². The molecule has 1 amide bonds.